The highest BCUT2D eigenvalue weighted by atomic mass is 19.4. The Hall–Kier alpha value is -3.22. The predicted molar refractivity (Wildman–Crippen MR) is 98.9 cm³/mol. The zero-order chi connectivity index (χ0) is 21.6. The molecule has 3 aromatic heterocycles. The standard InChI is InChI=1S/C17H18F4N8O/c1-27-8-12(14(26-27)17(19,20)21)24-16(30)11-5-23-29-3-2-13(25-15(11)29)28-6-9(18)4-10(22)7-28/h2-3,5,8-10H,4,6-7,22H2,1H3,(H,24,30)/t9-,10-/m1/s1. The van der Waals surface area contributed by atoms with Gasteiger partial charge in [0, 0.05) is 32.0 Å². The third-order valence-corrected chi connectivity index (χ3v) is 4.70. The molecule has 0 aromatic carbocycles. The smallest absolute Gasteiger partial charge is 0.352 e. The van der Waals surface area contributed by atoms with Crippen molar-refractivity contribution in [1.29, 1.82) is 0 Å². The van der Waals surface area contributed by atoms with Gasteiger partial charge in [0.1, 0.15) is 17.6 Å². The lowest BCUT2D eigenvalue weighted by Crippen LogP contribution is -2.48. The molecule has 13 heteroatoms. The molecule has 0 radical (unpaired) electrons. The minimum absolute atomic E-state index is 0.0352. The second-order valence-corrected chi connectivity index (χ2v) is 7.13. The van der Waals surface area contributed by atoms with Gasteiger partial charge in [-0.15, -0.1) is 0 Å². The van der Waals surface area contributed by atoms with Gasteiger partial charge in [0.2, 0.25) is 0 Å². The third-order valence-electron chi connectivity index (χ3n) is 4.70. The molecule has 2 atom stereocenters. The highest BCUT2D eigenvalue weighted by Gasteiger charge is 2.38. The largest absolute Gasteiger partial charge is 0.437 e. The average Bonchev–Trinajstić information content (AvgIpc) is 3.23. The summed E-state index contributed by atoms with van der Waals surface area (Å²) in [7, 11) is 1.31. The second kappa shape index (κ2) is 7.23. The van der Waals surface area contributed by atoms with Crippen LogP contribution < -0.4 is 16.0 Å². The molecule has 1 amide bonds. The molecule has 0 bridgehead atoms. The zero-order valence-corrected chi connectivity index (χ0v) is 15.8. The van der Waals surface area contributed by atoms with Crippen molar-refractivity contribution in [3.05, 3.63) is 35.9 Å². The molecule has 160 valence electrons. The third kappa shape index (κ3) is 3.79. The summed E-state index contributed by atoms with van der Waals surface area (Å²) >= 11 is 0. The number of hydrogen-bond donors (Lipinski definition) is 2. The molecule has 9 nitrogen and oxygen atoms in total. The van der Waals surface area contributed by atoms with E-state index in [0.717, 1.165) is 10.9 Å². The van der Waals surface area contributed by atoms with E-state index in [9.17, 15) is 22.4 Å². The van der Waals surface area contributed by atoms with Gasteiger partial charge in [-0.1, -0.05) is 0 Å². The molecule has 1 fully saturated rings. The molecular weight excluding hydrogens is 408 g/mol. The molecule has 0 unspecified atom stereocenters. The number of rotatable bonds is 3. The van der Waals surface area contributed by atoms with Crippen LogP contribution in [0.4, 0.5) is 29.1 Å². The molecule has 3 N–H and O–H groups in total. The number of aryl methyl sites for hydroxylation is 1. The number of nitrogens with zero attached hydrogens (tertiary/aromatic N) is 6. The summed E-state index contributed by atoms with van der Waals surface area (Å²) < 4.78 is 55.5. The van der Waals surface area contributed by atoms with E-state index in [0.29, 0.717) is 12.4 Å². The SMILES string of the molecule is Cn1cc(NC(=O)c2cnn3ccc(N4C[C@H](N)C[C@@H](F)C4)nc23)c(C(F)(F)F)n1. The van der Waals surface area contributed by atoms with Crippen LogP contribution in [0.1, 0.15) is 22.5 Å². The van der Waals surface area contributed by atoms with Crippen molar-refractivity contribution in [3.63, 3.8) is 0 Å². The Kier molecular flexibility index (Phi) is 4.84. The van der Waals surface area contributed by atoms with Crippen molar-refractivity contribution in [3.8, 4) is 0 Å². The van der Waals surface area contributed by atoms with Crippen LogP contribution in [0.3, 0.4) is 0 Å². The number of nitrogens with two attached hydrogens (primary N) is 1. The van der Waals surface area contributed by atoms with Crippen molar-refractivity contribution in [2.24, 2.45) is 12.8 Å². The lowest BCUT2D eigenvalue weighted by molar-refractivity contribution is -0.140. The molecule has 0 spiro atoms. The first kappa shape index (κ1) is 20.1. The fourth-order valence-corrected chi connectivity index (χ4v) is 3.44. The van der Waals surface area contributed by atoms with Gasteiger partial charge >= 0.3 is 6.18 Å². The Bertz CT molecular complexity index is 1080. The predicted octanol–water partition coefficient (Wildman–Crippen LogP) is 1.61. The van der Waals surface area contributed by atoms with E-state index in [1.807, 2.05) is 0 Å². The molecule has 0 saturated carbocycles. The van der Waals surface area contributed by atoms with Crippen molar-refractivity contribution in [2.75, 3.05) is 23.3 Å². The Morgan fingerprint density at radius 1 is 1.33 bits per heavy atom. The number of anilines is 2. The summed E-state index contributed by atoms with van der Waals surface area (Å²) in [6.07, 6.45) is -1.79. The van der Waals surface area contributed by atoms with Crippen LogP contribution in [0.25, 0.3) is 5.65 Å². The minimum Gasteiger partial charge on any atom is -0.352 e. The van der Waals surface area contributed by atoms with E-state index in [2.05, 4.69) is 20.5 Å². The second-order valence-electron chi connectivity index (χ2n) is 7.13. The lowest BCUT2D eigenvalue weighted by atomic mass is 10.1. The van der Waals surface area contributed by atoms with E-state index >= 15 is 0 Å². The topological polar surface area (TPSA) is 106 Å². The first-order valence-corrected chi connectivity index (χ1v) is 9.03. The van der Waals surface area contributed by atoms with E-state index in [1.54, 1.807) is 11.0 Å². The number of amides is 1. The fourth-order valence-electron chi connectivity index (χ4n) is 3.44. The molecule has 3 aromatic rings. The highest BCUT2D eigenvalue weighted by molar-refractivity contribution is 6.08. The first-order chi connectivity index (χ1) is 14.1. The first-order valence-electron chi connectivity index (χ1n) is 9.03. The zero-order valence-electron chi connectivity index (χ0n) is 15.8. The number of carbonyl (C=O) groups excluding carboxylic acids is 1. The summed E-state index contributed by atoms with van der Waals surface area (Å²) in [5.41, 5.74) is 4.27. The number of fused-ring (bicyclic) bond motifs is 1. The van der Waals surface area contributed by atoms with Crippen LogP contribution >= 0.6 is 0 Å². The summed E-state index contributed by atoms with van der Waals surface area (Å²) in [5.74, 6) is -0.431. The Labute approximate surface area is 167 Å². The molecule has 4 heterocycles. The molecule has 0 aliphatic carbocycles. The Morgan fingerprint density at radius 3 is 2.80 bits per heavy atom. The minimum atomic E-state index is -4.73. The Morgan fingerprint density at radius 2 is 2.10 bits per heavy atom. The maximum absolute atomic E-state index is 13.9. The van der Waals surface area contributed by atoms with Crippen molar-refractivity contribution in [2.45, 2.75) is 24.8 Å². The number of aromatic nitrogens is 5. The summed E-state index contributed by atoms with van der Waals surface area (Å²) in [6, 6.07) is 1.25. The van der Waals surface area contributed by atoms with Gasteiger partial charge in [0.25, 0.3) is 5.91 Å². The molecule has 1 saturated heterocycles. The monoisotopic (exact) mass is 426 g/mol. The van der Waals surface area contributed by atoms with E-state index in [-0.39, 0.29) is 30.2 Å². The summed E-state index contributed by atoms with van der Waals surface area (Å²) in [4.78, 5) is 18.7. The molecule has 4 rings (SSSR count). The van der Waals surface area contributed by atoms with Gasteiger partial charge in [0.05, 0.1) is 18.4 Å². The van der Waals surface area contributed by atoms with Crippen LogP contribution in [0.15, 0.2) is 24.7 Å². The fraction of sp³-hybridized carbons (Fsp3) is 0.412. The van der Waals surface area contributed by atoms with Gasteiger partial charge in [-0.05, 0) is 12.5 Å². The normalized spacial score (nSPS) is 20.0. The van der Waals surface area contributed by atoms with Gasteiger partial charge in [0.15, 0.2) is 11.3 Å². The summed E-state index contributed by atoms with van der Waals surface area (Å²) in [6.45, 7) is 0.501. The van der Waals surface area contributed by atoms with E-state index < -0.39 is 29.6 Å². The van der Waals surface area contributed by atoms with E-state index in [4.69, 9.17) is 5.73 Å². The van der Waals surface area contributed by atoms with Gasteiger partial charge in [-0.25, -0.2) is 13.9 Å². The van der Waals surface area contributed by atoms with Gasteiger partial charge in [-0.3, -0.25) is 9.48 Å². The molecule has 1 aliphatic rings. The van der Waals surface area contributed by atoms with Crippen LogP contribution in [0.2, 0.25) is 0 Å². The van der Waals surface area contributed by atoms with Crippen LogP contribution in [0.5, 0.6) is 0 Å². The maximum atomic E-state index is 13.9. The number of carbonyl (C=O) groups is 1. The summed E-state index contributed by atoms with van der Waals surface area (Å²) in [5, 5.41) is 9.58. The number of halogens is 4. The van der Waals surface area contributed by atoms with Crippen LogP contribution in [-0.2, 0) is 13.2 Å². The van der Waals surface area contributed by atoms with Crippen LogP contribution in [-0.4, -0.2) is 55.6 Å². The van der Waals surface area contributed by atoms with Crippen LogP contribution in [0, 0.1) is 0 Å². The number of nitrogens with one attached hydrogen (secondary N) is 1. The Balaban J connectivity index is 1.64. The van der Waals surface area contributed by atoms with Gasteiger partial charge in [-0.2, -0.15) is 23.4 Å². The number of piperidine rings is 1. The van der Waals surface area contributed by atoms with Gasteiger partial charge < -0.3 is 16.0 Å². The average molecular weight is 426 g/mol. The van der Waals surface area contributed by atoms with E-state index in [1.165, 1.54) is 24.0 Å². The quantitative estimate of drug-likeness (QED) is 0.617. The lowest BCUT2D eigenvalue weighted by Gasteiger charge is -2.33. The number of hydrogen-bond acceptors (Lipinski definition) is 6. The van der Waals surface area contributed by atoms with Crippen molar-refractivity contribution < 1.29 is 22.4 Å². The molecule has 1 aliphatic heterocycles. The van der Waals surface area contributed by atoms with Crippen molar-refractivity contribution in [1.82, 2.24) is 24.4 Å². The maximum Gasteiger partial charge on any atom is 0.437 e. The number of alkyl halides is 4. The molecule has 30 heavy (non-hydrogen) atoms. The van der Waals surface area contributed by atoms with Crippen molar-refractivity contribution >= 4 is 23.1 Å². The molecular formula is C17H18F4N8O. The highest BCUT2D eigenvalue weighted by Crippen LogP contribution is 2.33.